The molecule has 0 unspecified atom stereocenters. The number of carbonyl (C=O) groups excluding carboxylic acids is 4. The largest absolute Gasteiger partial charge is 0.459 e. The molecule has 11 nitrogen and oxygen atoms in total. The fraction of sp³-hybridized carbons (Fsp3) is 0.117. The van der Waals surface area contributed by atoms with Gasteiger partial charge in [0.15, 0.2) is 5.36 Å². The van der Waals surface area contributed by atoms with E-state index < -0.39 is 56.6 Å². The predicted molar refractivity (Wildman–Crippen MR) is 286 cm³/mol. The van der Waals surface area contributed by atoms with Crippen LogP contribution in [0.25, 0.3) is 45.9 Å². The molecule has 2 aliphatic rings. The number of nitrogens with zero attached hydrogens (tertiary/aromatic N) is 1. The SMILES string of the molecule is Cc1cc2sc3c4c(sc3c2s1)C1=C(C=C(N=c2c(=O)c3cc5ccccc5cc3c2=O)C1(C(=O)OCc1ccccc1)C(=O)OCc1ccccc1)C4(C(=O)OCc1ccccc1)C(=O)OCc1ccccc1. The highest BCUT2D eigenvalue weighted by atomic mass is 32.1. The number of hydrogen-bond acceptors (Lipinski definition) is 14. The summed E-state index contributed by atoms with van der Waals surface area (Å²) in [5, 5.41) is 0.965. The molecule has 10 aromatic rings. The molecule has 14 heteroatoms. The molecule has 0 bridgehead atoms. The summed E-state index contributed by atoms with van der Waals surface area (Å²) in [6.07, 6.45) is 1.28. The number of esters is 4. The lowest BCUT2D eigenvalue weighted by molar-refractivity contribution is -0.167. The minimum atomic E-state index is -2.78. The number of thiophene rings is 3. The normalized spacial score (nSPS) is 14.3. The Labute approximate surface area is 433 Å². The Hall–Kier alpha value is -8.43. The molecule has 74 heavy (non-hydrogen) atoms. The van der Waals surface area contributed by atoms with Crippen molar-refractivity contribution in [2.75, 3.05) is 0 Å². The average molecular weight is 1030 g/mol. The van der Waals surface area contributed by atoms with Crippen LogP contribution >= 0.6 is 34.0 Å². The van der Waals surface area contributed by atoms with Gasteiger partial charge in [0, 0.05) is 36.4 Å². The monoisotopic (exact) mass is 1030 g/mol. The fourth-order valence-corrected chi connectivity index (χ4v) is 14.4. The van der Waals surface area contributed by atoms with Gasteiger partial charge in [-0.25, -0.2) is 4.99 Å². The van der Waals surface area contributed by atoms with E-state index in [0.717, 1.165) is 14.3 Å². The van der Waals surface area contributed by atoms with Crippen LogP contribution in [-0.2, 0) is 70.0 Å². The molecule has 0 fully saturated rings. The summed E-state index contributed by atoms with van der Waals surface area (Å²) in [5.41, 5.74) is -5.05. The zero-order valence-corrected chi connectivity index (χ0v) is 41.7. The molecule has 3 aromatic heterocycles. The van der Waals surface area contributed by atoms with Crippen molar-refractivity contribution in [2.45, 2.75) is 38.8 Å². The lowest BCUT2D eigenvalue weighted by Crippen LogP contribution is -2.46. The topological polar surface area (TPSA) is 152 Å². The van der Waals surface area contributed by atoms with Crippen molar-refractivity contribution in [3.63, 3.8) is 0 Å². The maximum absolute atomic E-state index is 16.0. The number of hydrogen-bond donors (Lipinski definition) is 0. The van der Waals surface area contributed by atoms with Crippen LogP contribution in [0, 0.1) is 12.3 Å². The predicted octanol–water partition coefficient (Wildman–Crippen LogP) is 10.9. The first-order valence-corrected chi connectivity index (χ1v) is 26.0. The van der Waals surface area contributed by atoms with Crippen LogP contribution in [0.3, 0.4) is 0 Å². The highest BCUT2D eigenvalue weighted by Gasteiger charge is 2.71. The van der Waals surface area contributed by atoms with Gasteiger partial charge in [0.05, 0.1) is 19.8 Å². The second kappa shape index (κ2) is 18.6. The van der Waals surface area contributed by atoms with E-state index in [4.69, 9.17) is 23.9 Å². The van der Waals surface area contributed by atoms with E-state index in [1.807, 2.05) is 49.4 Å². The van der Waals surface area contributed by atoms with Gasteiger partial charge in [-0.15, -0.1) is 34.0 Å². The summed E-state index contributed by atoms with van der Waals surface area (Å²) in [6, 6.07) is 48.0. The minimum Gasteiger partial charge on any atom is -0.459 e. The van der Waals surface area contributed by atoms with Crippen LogP contribution in [-0.4, -0.2) is 23.9 Å². The molecule has 362 valence electrons. The van der Waals surface area contributed by atoms with Crippen molar-refractivity contribution < 1.29 is 38.1 Å². The Morgan fingerprint density at radius 2 is 0.905 bits per heavy atom. The molecular formula is C60H39NO10S3. The molecule has 0 spiro atoms. The molecule has 3 heterocycles. The molecule has 0 aliphatic heterocycles. The molecule has 0 saturated carbocycles. The minimum absolute atomic E-state index is 0.0785. The molecule has 0 N–H and O–H groups in total. The van der Waals surface area contributed by atoms with Gasteiger partial charge in [0.1, 0.15) is 26.4 Å². The van der Waals surface area contributed by atoms with E-state index in [-0.39, 0.29) is 58.8 Å². The lowest BCUT2D eigenvalue weighted by Gasteiger charge is -2.29. The van der Waals surface area contributed by atoms with E-state index in [9.17, 15) is 9.59 Å². The quantitative estimate of drug-likeness (QED) is 0.0620. The van der Waals surface area contributed by atoms with Crippen LogP contribution in [0.2, 0.25) is 0 Å². The second-order valence-corrected chi connectivity index (χ2v) is 21.4. The van der Waals surface area contributed by atoms with Gasteiger partial charge in [-0.3, -0.25) is 28.8 Å². The van der Waals surface area contributed by atoms with Crippen molar-refractivity contribution >= 4 is 104 Å². The summed E-state index contributed by atoms with van der Waals surface area (Å²) in [7, 11) is 0. The Morgan fingerprint density at radius 3 is 1.35 bits per heavy atom. The number of rotatable bonds is 13. The van der Waals surface area contributed by atoms with E-state index in [1.54, 1.807) is 121 Å². The first kappa shape index (κ1) is 46.6. The van der Waals surface area contributed by atoms with Crippen LogP contribution in [0.15, 0.2) is 196 Å². The molecule has 0 radical (unpaired) electrons. The summed E-state index contributed by atoms with van der Waals surface area (Å²) >= 11 is 4.08. The molecular weight excluding hydrogens is 991 g/mol. The standard InChI is InChI=1S/C60H39NO10S3/c1-34-26-44-51(72-34)54-53(73-44)47-52(74-54)46-43(59(47,55(64)68-30-35-16-6-2-7-17-35)56(65)69-31-36-18-8-3-9-19-36)29-45(61-48-49(62)41-27-39-24-14-15-25-40(39)28-42(41)50(48)63)60(46,57(66)70-32-37-20-10-4-11-21-37)58(67)71-33-38-22-12-5-13-23-38/h2-29H,30-33H2,1H3. The van der Waals surface area contributed by atoms with Crippen LogP contribution in [0.4, 0.5) is 0 Å². The van der Waals surface area contributed by atoms with E-state index >= 15 is 19.2 Å². The van der Waals surface area contributed by atoms with E-state index in [2.05, 4.69) is 0 Å². The fourth-order valence-electron chi connectivity index (χ4n) is 10.0. The van der Waals surface area contributed by atoms with Crippen molar-refractivity contribution in [2.24, 2.45) is 10.4 Å². The maximum atomic E-state index is 16.0. The lowest BCUT2D eigenvalue weighted by atomic mass is 9.77. The van der Waals surface area contributed by atoms with Crippen molar-refractivity contribution in [3.05, 3.63) is 245 Å². The highest BCUT2D eigenvalue weighted by Crippen LogP contribution is 2.66. The van der Waals surface area contributed by atoms with Crippen molar-refractivity contribution in [1.29, 1.82) is 0 Å². The number of benzene rings is 6. The molecule has 7 aromatic carbocycles. The van der Waals surface area contributed by atoms with Crippen LogP contribution < -0.4 is 16.2 Å². The number of aryl methyl sites for hydroxylation is 1. The molecule has 0 amide bonds. The first-order chi connectivity index (χ1) is 36.1. The van der Waals surface area contributed by atoms with E-state index in [1.165, 1.54) is 40.1 Å². The zero-order chi connectivity index (χ0) is 50.7. The van der Waals surface area contributed by atoms with Crippen LogP contribution in [0.5, 0.6) is 0 Å². The third-order valence-electron chi connectivity index (χ3n) is 13.5. The van der Waals surface area contributed by atoms with Gasteiger partial charge in [0.2, 0.25) is 21.7 Å². The molecule has 0 atom stereocenters. The summed E-state index contributed by atoms with van der Waals surface area (Å²) in [4.78, 5) is 99.1. The van der Waals surface area contributed by atoms with Crippen molar-refractivity contribution in [3.8, 4) is 0 Å². The Morgan fingerprint density at radius 1 is 0.486 bits per heavy atom. The summed E-state index contributed by atoms with van der Waals surface area (Å²) in [6.45, 7) is 0.776. The maximum Gasteiger partial charge on any atom is 0.334 e. The first-order valence-electron chi connectivity index (χ1n) is 23.6. The average Bonchev–Trinajstić information content (AvgIpc) is 4.39. The number of allylic oxidation sites excluding steroid dienone is 1. The van der Waals surface area contributed by atoms with Gasteiger partial charge in [-0.05, 0) is 69.8 Å². The zero-order valence-electron chi connectivity index (χ0n) is 39.2. The van der Waals surface area contributed by atoms with Crippen molar-refractivity contribution in [1.82, 2.24) is 0 Å². The summed E-state index contributed by atoms with van der Waals surface area (Å²) in [5.74, 6) is -4.49. The number of fused-ring (bicyclic) bond motifs is 8. The number of ether oxygens (including phenoxy) is 4. The van der Waals surface area contributed by atoms with Crippen LogP contribution in [0.1, 0.15) is 37.6 Å². The Bertz CT molecular complexity index is 3980. The highest BCUT2D eigenvalue weighted by molar-refractivity contribution is 7.39. The third-order valence-corrected chi connectivity index (χ3v) is 17.4. The molecule has 0 saturated heterocycles. The van der Waals surface area contributed by atoms with Gasteiger partial charge >= 0.3 is 23.9 Å². The molecule has 2 aliphatic carbocycles. The van der Waals surface area contributed by atoms with Gasteiger partial charge in [-0.2, -0.15) is 0 Å². The summed E-state index contributed by atoms with van der Waals surface area (Å²) < 4.78 is 28.0. The van der Waals surface area contributed by atoms with E-state index in [0.29, 0.717) is 42.4 Å². The van der Waals surface area contributed by atoms with Gasteiger partial charge in [-0.1, -0.05) is 146 Å². The smallest absolute Gasteiger partial charge is 0.334 e. The Balaban J connectivity index is 1.17. The van der Waals surface area contributed by atoms with Gasteiger partial charge < -0.3 is 18.9 Å². The number of carbonyl (C=O) groups is 4. The third kappa shape index (κ3) is 7.47. The second-order valence-electron chi connectivity index (χ2n) is 18.0. The Kier molecular flexibility index (Phi) is 11.7. The molecule has 12 rings (SSSR count). The van der Waals surface area contributed by atoms with Gasteiger partial charge in [0.25, 0.3) is 0 Å².